The lowest BCUT2D eigenvalue weighted by Gasteiger charge is -2.33. The van der Waals surface area contributed by atoms with Crippen LogP contribution in [0.4, 0.5) is 14.6 Å². The Balaban J connectivity index is 1.48. The van der Waals surface area contributed by atoms with E-state index in [1.54, 1.807) is 0 Å². The van der Waals surface area contributed by atoms with Crippen molar-refractivity contribution >= 4 is 16.7 Å². The van der Waals surface area contributed by atoms with Gasteiger partial charge < -0.3 is 4.90 Å². The van der Waals surface area contributed by atoms with Gasteiger partial charge in [-0.05, 0) is 37.3 Å². The summed E-state index contributed by atoms with van der Waals surface area (Å²) in [5, 5.41) is 0.608. The number of hydrogen-bond donors (Lipinski definition) is 0. The van der Waals surface area contributed by atoms with Gasteiger partial charge in [0.2, 0.25) is 0 Å². The molecule has 126 valence electrons. The monoisotopic (exact) mass is 330 g/mol. The van der Waals surface area contributed by atoms with Crippen LogP contribution in [0.25, 0.3) is 10.9 Å². The molecule has 6 heteroatoms. The van der Waals surface area contributed by atoms with Gasteiger partial charge in [-0.25, -0.2) is 18.7 Å². The highest BCUT2D eigenvalue weighted by molar-refractivity contribution is 5.89. The van der Waals surface area contributed by atoms with E-state index in [9.17, 15) is 8.78 Å². The van der Waals surface area contributed by atoms with Crippen LogP contribution < -0.4 is 4.90 Å². The molecule has 0 amide bonds. The van der Waals surface area contributed by atoms with Crippen LogP contribution in [-0.4, -0.2) is 47.1 Å². The molecule has 3 fully saturated rings. The predicted molar refractivity (Wildman–Crippen MR) is 87.9 cm³/mol. The summed E-state index contributed by atoms with van der Waals surface area (Å²) in [5.41, 5.74) is 0.468. The fourth-order valence-electron chi connectivity index (χ4n) is 5.02. The highest BCUT2D eigenvalue weighted by atomic mass is 19.2. The maximum absolute atomic E-state index is 13.7. The summed E-state index contributed by atoms with van der Waals surface area (Å²) >= 11 is 0. The lowest BCUT2D eigenvalue weighted by atomic mass is 9.90. The van der Waals surface area contributed by atoms with Crippen molar-refractivity contribution in [3.63, 3.8) is 0 Å². The van der Waals surface area contributed by atoms with Crippen LogP contribution in [0.5, 0.6) is 0 Å². The van der Waals surface area contributed by atoms with E-state index in [4.69, 9.17) is 0 Å². The van der Waals surface area contributed by atoms with Gasteiger partial charge in [0.15, 0.2) is 11.6 Å². The quantitative estimate of drug-likeness (QED) is 0.805. The lowest BCUT2D eigenvalue weighted by molar-refractivity contribution is 0.173. The van der Waals surface area contributed by atoms with E-state index >= 15 is 0 Å². The zero-order chi connectivity index (χ0) is 16.3. The van der Waals surface area contributed by atoms with Crippen LogP contribution in [0.2, 0.25) is 0 Å². The van der Waals surface area contributed by atoms with Crippen LogP contribution in [0.1, 0.15) is 19.3 Å². The van der Waals surface area contributed by atoms with Crippen LogP contribution in [-0.2, 0) is 0 Å². The Labute approximate surface area is 139 Å². The molecule has 2 aromatic rings. The van der Waals surface area contributed by atoms with Gasteiger partial charge in [0.25, 0.3) is 0 Å². The van der Waals surface area contributed by atoms with Gasteiger partial charge in [-0.2, -0.15) is 0 Å². The second-order valence-corrected chi connectivity index (χ2v) is 7.37. The fourth-order valence-corrected chi connectivity index (χ4v) is 5.02. The number of piperidine rings is 1. The number of anilines is 1. The van der Waals surface area contributed by atoms with Gasteiger partial charge in [-0.3, -0.25) is 4.90 Å². The second-order valence-electron chi connectivity index (χ2n) is 7.37. The average molecular weight is 330 g/mol. The number of aromatic nitrogens is 2. The molecule has 0 spiro atoms. The zero-order valence-corrected chi connectivity index (χ0v) is 13.5. The zero-order valence-electron chi connectivity index (χ0n) is 13.5. The highest BCUT2D eigenvalue weighted by Gasteiger charge is 2.47. The topological polar surface area (TPSA) is 32.3 Å². The molecule has 0 unspecified atom stereocenters. The molecule has 3 atom stereocenters. The van der Waals surface area contributed by atoms with Gasteiger partial charge >= 0.3 is 0 Å². The SMILES string of the molecule is Fc1cc2ncnc(N3C[C@@H]4CN5CCCC[C@H]5[C@@H]4C3)c2cc1F. The van der Waals surface area contributed by atoms with Crippen LogP contribution >= 0.6 is 0 Å². The normalized spacial score (nSPS) is 29.9. The van der Waals surface area contributed by atoms with Gasteiger partial charge in [0, 0.05) is 37.1 Å². The Bertz CT molecular complexity index is 796. The molecular formula is C18H20F2N4. The molecule has 1 aromatic heterocycles. The van der Waals surface area contributed by atoms with E-state index in [0.29, 0.717) is 28.8 Å². The van der Waals surface area contributed by atoms with Crippen molar-refractivity contribution < 1.29 is 8.78 Å². The van der Waals surface area contributed by atoms with Gasteiger partial charge in [0.1, 0.15) is 12.1 Å². The summed E-state index contributed by atoms with van der Waals surface area (Å²) in [6.45, 7) is 4.30. The van der Waals surface area contributed by atoms with Crippen molar-refractivity contribution in [1.82, 2.24) is 14.9 Å². The first-order valence-corrected chi connectivity index (χ1v) is 8.79. The maximum Gasteiger partial charge on any atom is 0.161 e. The average Bonchev–Trinajstić information content (AvgIpc) is 3.13. The summed E-state index contributed by atoms with van der Waals surface area (Å²) in [7, 11) is 0. The Morgan fingerprint density at radius 2 is 1.88 bits per heavy atom. The molecule has 0 radical (unpaired) electrons. The van der Waals surface area contributed by atoms with Crippen molar-refractivity contribution in [2.45, 2.75) is 25.3 Å². The third kappa shape index (κ3) is 2.12. The standard InChI is InChI=1S/C18H20F2N4/c19-14-5-12-16(6-15(14)20)21-10-22-18(12)24-8-11-7-23-4-2-1-3-17(23)13(11)9-24/h5-6,10-11,13,17H,1-4,7-9H2/t11-,13+,17-/m0/s1. The third-order valence-electron chi connectivity index (χ3n) is 6.07. The molecule has 4 nitrogen and oxygen atoms in total. The Hall–Kier alpha value is -1.82. The molecular weight excluding hydrogens is 310 g/mol. The fraction of sp³-hybridized carbons (Fsp3) is 0.556. The van der Waals surface area contributed by atoms with E-state index in [1.165, 1.54) is 38.2 Å². The first-order chi connectivity index (χ1) is 11.7. The molecule has 5 rings (SSSR count). The molecule has 1 aromatic carbocycles. The van der Waals surface area contributed by atoms with E-state index in [2.05, 4.69) is 19.8 Å². The van der Waals surface area contributed by atoms with E-state index < -0.39 is 11.6 Å². The van der Waals surface area contributed by atoms with Crippen molar-refractivity contribution in [2.24, 2.45) is 11.8 Å². The second kappa shape index (κ2) is 5.34. The summed E-state index contributed by atoms with van der Waals surface area (Å²) in [6.07, 6.45) is 5.39. The molecule has 3 aliphatic heterocycles. The number of hydrogen-bond acceptors (Lipinski definition) is 4. The minimum atomic E-state index is -0.858. The minimum Gasteiger partial charge on any atom is -0.355 e. The summed E-state index contributed by atoms with van der Waals surface area (Å²) < 4.78 is 27.2. The Morgan fingerprint density at radius 1 is 1.00 bits per heavy atom. The number of halogens is 2. The van der Waals surface area contributed by atoms with Crippen molar-refractivity contribution in [3.05, 3.63) is 30.1 Å². The summed E-state index contributed by atoms with van der Waals surface area (Å²) in [5.74, 6) is 0.374. The van der Waals surface area contributed by atoms with Crippen LogP contribution in [0, 0.1) is 23.5 Å². The molecule has 24 heavy (non-hydrogen) atoms. The first-order valence-electron chi connectivity index (χ1n) is 8.79. The van der Waals surface area contributed by atoms with Gasteiger partial charge in [-0.15, -0.1) is 0 Å². The lowest BCUT2D eigenvalue weighted by Crippen LogP contribution is -2.40. The van der Waals surface area contributed by atoms with Crippen molar-refractivity contribution in [2.75, 3.05) is 31.1 Å². The molecule has 0 aliphatic carbocycles. The van der Waals surface area contributed by atoms with Crippen LogP contribution in [0.3, 0.4) is 0 Å². The number of benzene rings is 1. The number of fused-ring (bicyclic) bond motifs is 4. The van der Waals surface area contributed by atoms with Crippen molar-refractivity contribution in [3.8, 4) is 0 Å². The summed E-state index contributed by atoms with van der Waals surface area (Å²) in [4.78, 5) is 13.4. The van der Waals surface area contributed by atoms with E-state index in [1.807, 2.05) is 0 Å². The predicted octanol–water partition coefficient (Wildman–Crippen LogP) is 2.83. The Morgan fingerprint density at radius 3 is 2.79 bits per heavy atom. The van der Waals surface area contributed by atoms with Gasteiger partial charge in [-0.1, -0.05) is 6.42 Å². The molecule has 0 bridgehead atoms. The first kappa shape index (κ1) is 14.5. The molecule has 3 aliphatic rings. The number of rotatable bonds is 1. The van der Waals surface area contributed by atoms with Gasteiger partial charge in [0.05, 0.1) is 5.52 Å². The Kier molecular flexibility index (Phi) is 3.23. The molecule has 3 saturated heterocycles. The van der Waals surface area contributed by atoms with E-state index in [0.717, 1.165) is 31.5 Å². The molecule has 0 saturated carbocycles. The minimum absolute atomic E-state index is 0.468. The largest absolute Gasteiger partial charge is 0.355 e. The molecule has 0 N–H and O–H groups in total. The highest BCUT2D eigenvalue weighted by Crippen LogP contribution is 2.42. The smallest absolute Gasteiger partial charge is 0.161 e. The van der Waals surface area contributed by atoms with Crippen molar-refractivity contribution in [1.29, 1.82) is 0 Å². The summed E-state index contributed by atoms with van der Waals surface area (Å²) in [6, 6.07) is 3.09. The molecule has 4 heterocycles. The van der Waals surface area contributed by atoms with Crippen LogP contribution in [0.15, 0.2) is 18.5 Å². The number of nitrogens with zero attached hydrogens (tertiary/aromatic N) is 4. The van der Waals surface area contributed by atoms with E-state index in [-0.39, 0.29) is 0 Å². The third-order valence-corrected chi connectivity index (χ3v) is 6.07. The maximum atomic E-state index is 13.7.